The summed E-state index contributed by atoms with van der Waals surface area (Å²) in [5.74, 6) is 0.853. The van der Waals surface area contributed by atoms with E-state index in [4.69, 9.17) is 23.2 Å². The topological polar surface area (TPSA) is 45.5 Å². The Morgan fingerprint density at radius 1 is 1.35 bits per heavy atom. The summed E-state index contributed by atoms with van der Waals surface area (Å²) in [6, 6.07) is 7.58. The Morgan fingerprint density at radius 3 is 2.83 bits per heavy atom. The van der Waals surface area contributed by atoms with E-state index in [9.17, 15) is 0 Å². The third kappa shape index (κ3) is 5.44. The van der Waals surface area contributed by atoms with Crippen molar-refractivity contribution in [3.05, 3.63) is 52.3 Å². The van der Waals surface area contributed by atoms with Gasteiger partial charge >= 0.3 is 0 Å². The van der Waals surface area contributed by atoms with Crippen molar-refractivity contribution in [2.45, 2.75) is 20.0 Å². The quantitative estimate of drug-likeness (QED) is 0.640. The first kappa shape index (κ1) is 17.6. The van der Waals surface area contributed by atoms with Gasteiger partial charge in [-0.05, 0) is 30.7 Å². The molecule has 124 valence electrons. The predicted octanol–water partition coefficient (Wildman–Crippen LogP) is 3.29. The molecule has 0 aliphatic heterocycles. The molecule has 0 amide bonds. The smallest absolute Gasteiger partial charge is 0.194 e. The summed E-state index contributed by atoms with van der Waals surface area (Å²) in [6.45, 7) is 4.98. The fourth-order valence-corrected chi connectivity index (χ4v) is 2.47. The largest absolute Gasteiger partial charge is 0.357 e. The number of hydrogen-bond donors (Lipinski definition) is 1. The minimum atomic E-state index is 0.567. The lowest BCUT2D eigenvalue weighted by molar-refractivity contribution is 0.475. The molecule has 1 aromatic carbocycles. The van der Waals surface area contributed by atoms with Gasteiger partial charge in [0.1, 0.15) is 0 Å². The van der Waals surface area contributed by atoms with E-state index in [0.29, 0.717) is 23.1 Å². The summed E-state index contributed by atoms with van der Waals surface area (Å²) < 4.78 is 1.87. The van der Waals surface area contributed by atoms with Crippen LogP contribution in [0.5, 0.6) is 0 Å². The van der Waals surface area contributed by atoms with Crippen LogP contribution < -0.4 is 5.32 Å². The molecule has 0 unspecified atom stereocenters. The van der Waals surface area contributed by atoms with Gasteiger partial charge < -0.3 is 10.2 Å². The molecule has 0 aliphatic rings. The number of guanidine groups is 1. The van der Waals surface area contributed by atoms with Crippen LogP contribution in [0.4, 0.5) is 0 Å². The third-order valence-corrected chi connectivity index (χ3v) is 3.99. The van der Waals surface area contributed by atoms with E-state index < -0.39 is 0 Å². The van der Waals surface area contributed by atoms with Gasteiger partial charge in [0.15, 0.2) is 5.96 Å². The van der Waals surface area contributed by atoms with Crippen LogP contribution in [-0.4, -0.2) is 40.8 Å². The Hall–Kier alpha value is -1.72. The Kier molecular flexibility index (Phi) is 6.74. The van der Waals surface area contributed by atoms with Gasteiger partial charge in [-0.25, -0.2) is 0 Å². The average Bonchev–Trinajstić information content (AvgIpc) is 3.03. The molecule has 1 N–H and O–H groups in total. The summed E-state index contributed by atoms with van der Waals surface area (Å²) in [4.78, 5) is 6.70. The van der Waals surface area contributed by atoms with Gasteiger partial charge in [-0.3, -0.25) is 9.67 Å². The molecule has 1 heterocycles. The first-order valence-corrected chi connectivity index (χ1v) is 8.26. The van der Waals surface area contributed by atoms with Gasteiger partial charge in [-0.1, -0.05) is 29.3 Å². The van der Waals surface area contributed by atoms with Crippen LogP contribution in [0.3, 0.4) is 0 Å². The molecule has 0 spiro atoms. The first-order chi connectivity index (χ1) is 11.1. The molecule has 2 aromatic rings. The molecule has 0 saturated carbocycles. The highest BCUT2D eigenvalue weighted by atomic mass is 35.5. The zero-order chi connectivity index (χ0) is 16.7. The normalized spacial score (nSPS) is 11.6. The van der Waals surface area contributed by atoms with Crippen molar-refractivity contribution in [1.29, 1.82) is 0 Å². The molecule has 0 bridgehead atoms. The number of aliphatic imine (C=N–C) groups is 1. The number of benzene rings is 1. The lowest BCUT2D eigenvalue weighted by Crippen LogP contribution is -2.38. The molecule has 2 rings (SSSR count). The van der Waals surface area contributed by atoms with Gasteiger partial charge in [0.25, 0.3) is 0 Å². The van der Waals surface area contributed by atoms with Gasteiger partial charge in [-0.2, -0.15) is 5.10 Å². The standard InChI is InChI=1S/C16H21Cl2N5/c1-3-19-16(20-8-10-23-9-4-7-21-23)22(2)12-13-5-6-14(17)15(18)11-13/h4-7,9,11H,3,8,10,12H2,1-2H3,(H,19,20). The van der Waals surface area contributed by atoms with Crippen LogP contribution in [0.2, 0.25) is 10.0 Å². The molecule has 0 aliphatic carbocycles. The zero-order valence-electron chi connectivity index (χ0n) is 13.3. The van der Waals surface area contributed by atoms with E-state index in [0.717, 1.165) is 24.6 Å². The average molecular weight is 354 g/mol. The van der Waals surface area contributed by atoms with Gasteiger partial charge in [0.05, 0.1) is 23.1 Å². The predicted molar refractivity (Wildman–Crippen MR) is 96.1 cm³/mol. The van der Waals surface area contributed by atoms with Crippen LogP contribution >= 0.6 is 23.2 Å². The first-order valence-electron chi connectivity index (χ1n) is 7.51. The van der Waals surface area contributed by atoms with Crippen LogP contribution in [-0.2, 0) is 13.1 Å². The van der Waals surface area contributed by atoms with Gasteiger partial charge in [0.2, 0.25) is 0 Å². The Balaban J connectivity index is 1.98. The molecule has 7 heteroatoms. The number of nitrogens with zero attached hydrogens (tertiary/aromatic N) is 4. The molecule has 23 heavy (non-hydrogen) atoms. The number of nitrogens with one attached hydrogen (secondary N) is 1. The van der Waals surface area contributed by atoms with Crippen LogP contribution in [0.1, 0.15) is 12.5 Å². The van der Waals surface area contributed by atoms with Crippen LogP contribution in [0, 0.1) is 0 Å². The van der Waals surface area contributed by atoms with E-state index in [1.54, 1.807) is 6.20 Å². The second-order valence-electron chi connectivity index (χ2n) is 5.11. The van der Waals surface area contributed by atoms with Gasteiger partial charge in [0, 0.05) is 32.5 Å². The summed E-state index contributed by atoms with van der Waals surface area (Å²) in [7, 11) is 2.00. The van der Waals surface area contributed by atoms with Crippen molar-refractivity contribution >= 4 is 29.2 Å². The maximum Gasteiger partial charge on any atom is 0.194 e. The summed E-state index contributed by atoms with van der Waals surface area (Å²) >= 11 is 12.0. The number of rotatable bonds is 6. The molecule has 5 nitrogen and oxygen atoms in total. The SMILES string of the molecule is CCNC(=NCCn1cccn1)N(C)Cc1ccc(Cl)c(Cl)c1. The molecule has 0 atom stereocenters. The van der Waals surface area contributed by atoms with E-state index in [2.05, 4.69) is 27.2 Å². The lowest BCUT2D eigenvalue weighted by atomic mass is 10.2. The zero-order valence-corrected chi connectivity index (χ0v) is 14.8. The number of halogens is 2. The van der Waals surface area contributed by atoms with Crippen LogP contribution in [0.15, 0.2) is 41.7 Å². The molecule has 0 saturated heterocycles. The van der Waals surface area contributed by atoms with E-state index in [1.165, 1.54) is 0 Å². The fraction of sp³-hybridized carbons (Fsp3) is 0.375. The summed E-state index contributed by atoms with van der Waals surface area (Å²) in [6.07, 6.45) is 3.70. The van der Waals surface area contributed by atoms with Crippen molar-refractivity contribution in [2.24, 2.45) is 4.99 Å². The Bertz CT molecular complexity index is 640. The Labute approximate surface area is 146 Å². The number of hydrogen-bond acceptors (Lipinski definition) is 2. The van der Waals surface area contributed by atoms with Crippen molar-refractivity contribution in [3.8, 4) is 0 Å². The minimum Gasteiger partial charge on any atom is -0.357 e. The Morgan fingerprint density at radius 2 is 2.17 bits per heavy atom. The molecule has 1 aromatic heterocycles. The highest BCUT2D eigenvalue weighted by Crippen LogP contribution is 2.23. The maximum atomic E-state index is 6.07. The van der Waals surface area contributed by atoms with E-state index in [1.807, 2.05) is 42.2 Å². The summed E-state index contributed by atoms with van der Waals surface area (Å²) in [5, 5.41) is 8.61. The highest BCUT2D eigenvalue weighted by Gasteiger charge is 2.08. The van der Waals surface area contributed by atoms with Gasteiger partial charge in [-0.15, -0.1) is 0 Å². The van der Waals surface area contributed by atoms with Crippen LogP contribution in [0.25, 0.3) is 0 Å². The second-order valence-corrected chi connectivity index (χ2v) is 5.92. The van der Waals surface area contributed by atoms with E-state index in [-0.39, 0.29) is 0 Å². The number of aromatic nitrogens is 2. The maximum absolute atomic E-state index is 6.07. The lowest BCUT2D eigenvalue weighted by Gasteiger charge is -2.22. The minimum absolute atomic E-state index is 0.567. The fourth-order valence-electron chi connectivity index (χ4n) is 2.15. The highest BCUT2D eigenvalue weighted by molar-refractivity contribution is 6.42. The second kappa shape index (κ2) is 8.79. The molecular formula is C16H21Cl2N5. The van der Waals surface area contributed by atoms with Crippen molar-refractivity contribution in [3.63, 3.8) is 0 Å². The molecular weight excluding hydrogens is 333 g/mol. The molecule has 0 radical (unpaired) electrons. The van der Waals surface area contributed by atoms with Crippen molar-refractivity contribution in [2.75, 3.05) is 20.1 Å². The van der Waals surface area contributed by atoms with E-state index >= 15 is 0 Å². The monoisotopic (exact) mass is 353 g/mol. The molecule has 0 fully saturated rings. The van der Waals surface area contributed by atoms with Crippen molar-refractivity contribution in [1.82, 2.24) is 20.0 Å². The summed E-state index contributed by atoms with van der Waals surface area (Å²) in [5.41, 5.74) is 1.08. The van der Waals surface area contributed by atoms with Crippen molar-refractivity contribution < 1.29 is 0 Å². The third-order valence-electron chi connectivity index (χ3n) is 3.25.